The highest BCUT2D eigenvalue weighted by Crippen LogP contribution is 2.23. The molecule has 1 atom stereocenters. The zero-order valence-corrected chi connectivity index (χ0v) is 15.9. The number of hydrogen-bond donors (Lipinski definition) is 1. The second kappa shape index (κ2) is 9.15. The number of rotatable bonds is 6. The first-order chi connectivity index (χ1) is 13.5. The number of amides is 1. The van der Waals surface area contributed by atoms with Crippen LogP contribution >= 0.6 is 11.6 Å². The molecular weight excluding hydrogens is 379 g/mol. The van der Waals surface area contributed by atoms with Gasteiger partial charge < -0.3 is 10.1 Å². The van der Waals surface area contributed by atoms with Crippen molar-refractivity contribution < 1.29 is 13.9 Å². The van der Waals surface area contributed by atoms with E-state index in [9.17, 15) is 9.18 Å². The highest BCUT2D eigenvalue weighted by Gasteiger charge is 2.09. The van der Waals surface area contributed by atoms with Crippen molar-refractivity contribution in [2.45, 2.75) is 13.0 Å². The Hall–Kier alpha value is -3.18. The summed E-state index contributed by atoms with van der Waals surface area (Å²) in [7, 11) is 0. The molecule has 0 spiro atoms. The molecule has 4 nitrogen and oxygen atoms in total. The van der Waals surface area contributed by atoms with Crippen LogP contribution in [-0.4, -0.2) is 10.9 Å². The van der Waals surface area contributed by atoms with Crippen LogP contribution in [-0.2, 0) is 4.79 Å². The molecule has 0 aliphatic rings. The highest BCUT2D eigenvalue weighted by molar-refractivity contribution is 6.32. The van der Waals surface area contributed by atoms with Crippen LogP contribution in [0.15, 0.2) is 72.9 Å². The minimum Gasteiger partial charge on any atom is -0.439 e. The summed E-state index contributed by atoms with van der Waals surface area (Å²) in [6, 6.07) is 16.6. The number of halogens is 2. The van der Waals surface area contributed by atoms with Gasteiger partial charge in [0.15, 0.2) is 0 Å². The lowest BCUT2D eigenvalue weighted by molar-refractivity contribution is -0.117. The Morgan fingerprint density at radius 3 is 2.79 bits per heavy atom. The average molecular weight is 397 g/mol. The number of carbonyl (C=O) groups excluding carboxylic acids is 1. The molecule has 0 unspecified atom stereocenters. The molecule has 0 radical (unpaired) electrons. The maximum absolute atomic E-state index is 13.1. The molecule has 1 heterocycles. The lowest BCUT2D eigenvalue weighted by Gasteiger charge is -2.14. The smallest absolute Gasteiger partial charge is 0.244 e. The summed E-state index contributed by atoms with van der Waals surface area (Å²) < 4.78 is 18.8. The van der Waals surface area contributed by atoms with E-state index in [0.717, 1.165) is 5.56 Å². The number of carbonyl (C=O) groups is 1. The third-order valence-corrected chi connectivity index (χ3v) is 4.28. The van der Waals surface area contributed by atoms with Crippen LogP contribution in [0.4, 0.5) is 4.39 Å². The van der Waals surface area contributed by atoms with E-state index < -0.39 is 5.82 Å². The molecule has 1 aromatic heterocycles. The van der Waals surface area contributed by atoms with Gasteiger partial charge in [-0.05, 0) is 54.5 Å². The molecule has 3 aromatic rings. The van der Waals surface area contributed by atoms with E-state index >= 15 is 0 Å². The van der Waals surface area contributed by atoms with Crippen molar-refractivity contribution in [1.82, 2.24) is 10.3 Å². The molecule has 1 amide bonds. The van der Waals surface area contributed by atoms with Crippen molar-refractivity contribution in [2.24, 2.45) is 0 Å². The number of pyridine rings is 1. The van der Waals surface area contributed by atoms with Gasteiger partial charge in [0.05, 0.1) is 11.1 Å². The molecule has 0 bridgehead atoms. The number of ether oxygens (including phenoxy) is 1. The summed E-state index contributed by atoms with van der Waals surface area (Å²) in [6.07, 6.45) is 4.57. The molecule has 0 saturated heterocycles. The number of nitrogens with one attached hydrogen (secondary N) is 1. The quantitative estimate of drug-likeness (QED) is 0.555. The normalized spacial score (nSPS) is 12.0. The van der Waals surface area contributed by atoms with Gasteiger partial charge in [-0.2, -0.15) is 0 Å². The minimum absolute atomic E-state index is 0.242. The van der Waals surface area contributed by atoms with Crippen molar-refractivity contribution in [3.05, 3.63) is 94.9 Å². The molecule has 28 heavy (non-hydrogen) atoms. The zero-order chi connectivity index (χ0) is 19.9. The first-order valence-electron chi connectivity index (χ1n) is 8.64. The summed E-state index contributed by atoms with van der Waals surface area (Å²) in [6.45, 7) is 1.87. The standard InChI is InChI=1S/C22H18ClFN2O2/c1-15(26-21(27)11-9-16-8-10-18(24)14-20(16)23)17-5-4-6-19(13-17)28-22-7-2-3-12-25-22/h2-15H,1H3,(H,26,27)/t15-/m0/s1. The van der Waals surface area contributed by atoms with Crippen LogP contribution in [0.2, 0.25) is 5.02 Å². The van der Waals surface area contributed by atoms with Crippen LogP contribution < -0.4 is 10.1 Å². The summed E-state index contributed by atoms with van der Waals surface area (Å²) in [5.41, 5.74) is 1.45. The van der Waals surface area contributed by atoms with Crippen LogP contribution in [0.3, 0.4) is 0 Å². The SMILES string of the molecule is C[C@H](NC(=O)C=Cc1ccc(F)cc1Cl)c1cccc(Oc2ccccn2)c1. The summed E-state index contributed by atoms with van der Waals surface area (Å²) in [5.74, 6) is 0.415. The molecule has 0 aliphatic carbocycles. The van der Waals surface area contributed by atoms with Gasteiger partial charge >= 0.3 is 0 Å². The van der Waals surface area contributed by atoms with Crippen molar-refractivity contribution in [3.63, 3.8) is 0 Å². The third-order valence-electron chi connectivity index (χ3n) is 3.95. The monoisotopic (exact) mass is 396 g/mol. The van der Waals surface area contributed by atoms with E-state index in [1.165, 1.54) is 24.3 Å². The Morgan fingerprint density at radius 2 is 2.04 bits per heavy atom. The fourth-order valence-electron chi connectivity index (χ4n) is 2.52. The zero-order valence-electron chi connectivity index (χ0n) is 15.1. The van der Waals surface area contributed by atoms with Crippen LogP contribution in [0.25, 0.3) is 6.08 Å². The van der Waals surface area contributed by atoms with Crippen molar-refractivity contribution in [2.75, 3.05) is 0 Å². The Labute approximate surface area is 167 Å². The Morgan fingerprint density at radius 1 is 1.18 bits per heavy atom. The van der Waals surface area contributed by atoms with Gasteiger partial charge in [-0.1, -0.05) is 35.9 Å². The summed E-state index contributed by atoms with van der Waals surface area (Å²) in [5, 5.41) is 3.12. The van der Waals surface area contributed by atoms with Gasteiger partial charge in [0.1, 0.15) is 11.6 Å². The first kappa shape index (κ1) is 19.6. The fraction of sp³-hybridized carbons (Fsp3) is 0.0909. The first-order valence-corrected chi connectivity index (χ1v) is 9.01. The van der Waals surface area contributed by atoms with Gasteiger partial charge in [-0.25, -0.2) is 9.37 Å². The predicted molar refractivity (Wildman–Crippen MR) is 108 cm³/mol. The van der Waals surface area contributed by atoms with Crippen LogP contribution in [0.5, 0.6) is 11.6 Å². The number of benzene rings is 2. The van der Waals surface area contributed by atoms with Crippen molar-refractivity contribution >= 4 is 23.6 Å². The average Bonchev–Trinajstić information content (AvgIpc) is 2.68. The molecule has 0 fully saturated rings. The molecule has 0 aliphatic heterocycles. The highest BCUT2D eigenvalue weighted by atomic mass is 35.5. The maximum atomic E-state index is 13.1. The number of aromatic nitrogens is 1. The molecule has 3 rings (SSSR count). The molecule has 2 aromatic carbocycles. The largest absolute Gasteiger partial charge is 0.439 e. The summed E-state index contributed by atoms with van der Waals surface area (Å²) in [4.78, 5) is 16.3. The molecule has 142 valence electrons. The minimum atomic E-state index is -0.423. The van der Waals surface area contributed by atoms with E-state index in [2.05, 4.69) is 10.3 Å². The van der Waals surface area contributed by atoms with Crippen LogP contribution in [0, 0.1) is 5.82 Å². The van der Waals surface area contributed by atoms with Gasteiger partial charge in [-0.15, -0.1) is 0 Å². The lowest BCUT2D eigenvalue weighted by atomic mass is 10.1. The third kappa shape index (κ3) is 5.41. The van der Waals surface area contributed by atoms with Crippen molar-refractivity contribution in [1.29, 1.82) is 0 Å². The Kier molecular flexibility index (Phi) is 6.40. The van der Waals surface area contributed by atoms with Crippen molar-refractivity contribution in [3.8, 4) is 11.6 Å². The Balaban J connectivity index is 1.63. The van der Waals surface area contributed by atoms with Gasteiger partial charge in [0.2, 0.25) is 11.8 Å². The number of hydrogen-bond acceptors (Lipinski definition) is 3. The van der Waals surface area contributed by atoms with E-state index in [4.69, 9.17) is 16.3 Å². The Bertz CT molecular complexity index is 993. The van der Waals surface area contributed by atoms with Crippen LogP contribution in [0.1, 0.15) is 24.1 Å². The molecule has 0 saturated carbocycles. The van der Waals surface area contributed by atoms with Gasteiger partial charge in [-0.3, -0.25) is 4.79 Å². The van der Waals surface area contributed by atoms with Gasteiger partial charge in [0, 0.05) is 18.3 Å². The lowest BCUT2D eigenvalue weighted by Crippen LogP contribution is -2.24. The van der Waals surface area contributed by atoms with E-state index in [-0.39, 0.29) is 17.0 Å². The second-order valence-electron chi connectivity index (χ2n) is 6.07. The number of nitrogens with zero attached hydrogens (tertiary/aromatic N) is 1. The second-order valence-corrected chi connectivity index (χ2v) is 6.48. The predicted octanol–water partition coefficient (Wildman–Crippen LogP) is 5.56. The summed E-state index contributed by atoms with van der Waals surface area (Å²) >= 11 is 5.96. The molecule has 1 N–H and O–H groups in total. The topological polar surface area (TPSA) is 51.2 Å². The van der Waals surface area contributed by atoms with Gasteiger partial charge in [0.25, 0.3) is 0 Å². The van der Waals surface area contributed by atoms with E-state index in [0.29, 0.717) is 17.2 Å². The fourth-order valence-corrected chi connectivity index (χ4v) is 2.75. The maximum Gasteiger partial charge on any atom is 0.244 e. The molecular formula is C22H18ClFN2O2. The molecule has 6 heteroatoms. The van der Waals surface area contributed by atoms with E-state index in [1.54, 1.807) is 18.3 Å². The van der Waals surface area contributed by atoms with E-state index in [1.807, 2.05) is 43.3 Å².